The molecule has 2 N–H and O–H groups in total. The molecule has 1 aliphatic heterocycles. The fourth-order valence-electron chi connectivity index (χ4n) is 3.40. The maximum atomic E-state index is 12.1. The molecule has 1 saturated heterocycles. The van der Waals surface area contributed by atoms with E-state index in [0.29, 0.717) is 25.4 Å². The van der Waals surface area contributed by atoms with Crippen LogP contribution in [0.3, 0.4) is 0 Å². The number of urea groups is 1. The summed E-state index contributed by atoms with van der Waals surface area (Å²) >= 11 is 0. The number of carbonyl (C=O) groups excluding carboxylic acids is 1. The molecular formula is C14H24N2O3. The van der Waals surface area contributed by atoms with Crippen LogP contribution in [-0.2, 0) is 4.79 Å². The first-order valence-corrected chi connectivity index (χ1v) is 6.97. The molecule has 2 amide bonds. The van der Waals surface area contributed by atoms with Gasteiger partial charge in [-0.3, -0.25) is 0 Å². The Bertz CT molecular complexity index is 389. The van der Waals surface area contributed by atoms with Crippen molar-refractivity contribution >= 4 is 12.0 Å². The molecule has 2 aliphatic rings. The highest BCUT2D eigenvalue weighted by atomic mass is 16.4. The number of rotatable bonds is 3. The Morgan fingerprint density at radius 2 is 1.84 bits per heavy atom. The van der Waals surface area contributed by atoms with Gasteiger partial charge in [0.25, 0.3) is 0 Å². The third kappa shape index (κ3) is 2.19. The molecule has 0 aromatic carbocycles. The predicted molar refractivity (Wildman–Crippen MR) is 71.8 cm³/mol. The van der Waals surface area contributed by atoms with E-state index in [1.54, 1.807) is 0 Å². The molecular weight excluding hydrogens is 244 g/mol. The van der Waals surface area contributed by atoms with Gasteiger partial charge in [0.1, 0.15) is 6.04 Å². The standard InChI is InChI=1S/C14H24N2O3/c1-13(2)10(14(13,3)4)8-15-12(19)16-7-5-6-9(16)11(17)18/h9-10H,5-8H2,1-4H3,(H,15,19)(H,17,18)/t9-/m0/s1. The van der Waals surface area contributed by atoms with Gasteiger partial charge in [0.15, 0.2) is 0 Å². The Labute approximate surface area is 114 Å². The van der Waals surface area contributed by atoms with E-state index in [-0.39, 0.29) is 16.9 Å². The summed E-state index contributed by atoms with van der Waals surface area (Å²) in [7, 11) is 0. The number of aliphatic carboxylic acids is 1. The average Bonchev–Trinajstić information content (AvgIpc) is 2.72. The SMILES string of the molecule is CC1(C)C(CNC(=O)N2CCC[C@H]2C(=O)O)C1(C)C. The number of hydrogen-bond acceptors (Lipinski definition) is 2. The number of hydrogen-bond donors (Lipinski definition) is 2. The molecule has 108 valence electrons. The van der Waals surface area contributed by atoms with Crippen LogP contribution in [0.4, 0.5) is 4.79 Å². The summed E-state index contributed by atoms with van der Waals surface area (Å²) in [5.41, 5.74) is 0.467. The van der Waals surface area contributed by atoms with Crippen LogP contribution < -0.4 is 5.32 Å². The van der Waals surface area contributed by atoms with Crippen molar-refractivity contribution in [1.82, 2.24) is 10.2 Å². The van der Waals surface area contributed by atoms with E-state index < -0.39 is 12.0 Å². The van der Waals surface area contributed by atoms with Crippen molar-refractivity contribution in [3.63, 3.8) is 0 Å². The maximum absolute atomic E-state index is 12.1. The first kappa shape index (κ1) is 14.2. The molecule has 2 rings (SSSR count). The first-order valence-electron chi connectivity index (χ1n) is 6.97. The summed E-state index contributed by atoms with van der Waals surface area (Å²) in [5, 5.41) is 12.0. The Balaban J connectivity index is 1.88. The average molecular weight is 268 g/mol. The van der Waals surface area contributed by atoms with E-state index in [0.717, 1.165) is 6.42 Å². The molecule has 2 fully saturated rings. The lowest BCUT2D eigenvalue weighted by atomic mass is 10.0. The van der Waals surface area contributed by atoms with Crippen molar-refractivity contribution in [1.29, 1.82) is 0 Å². The molecule has 1 atom stereocenters. The van der Waals surface area contributed by atoms with Gasteiger partial charge in [-0.2, -0.15) is 0 Å². The third-order valence-electron chi connectivity index (χ3n) is 5.58. The molecule has 5 nitrogen and oxygen atoms in total. The van der Waals surface area contributed by atoms with E-state index in [1.165, 1.54) is 4.90 Å². The summed E-state index contributed by atoms with van der Waals surface area (Å²) in [6.07, 6.45) is 1.33. The molecule has 19 heavy (non-hydrogen) atoms. The summed E-state index contributed by atoms with van der Waals surface area (Å²) in [6, 6.07) is -0.886. The molecule has 0 radical (unpaired) electrons. The van der Waals surface area contributed by atoms with Gasteiger partial charge in [-0.25, -0.2) is 9.59 Å². The van der Waals surface area contributed by atoms with Crippen LogP contribution in [0.15, 0.2) is 0 Å². The van der Waals surface area contributed by atoms with Gasteiger partial charge in [0, 0.05) is 13.1 Å². The molecule has 1 aliphatic carbocycles. The van der Waals surface area contributed by atoms with Crippen LogP contribution in [0, 0.1) is 16.7 Å². The molecule has 0 unspecified atom stereocenters. The quantitative estimate of drug-likeness (QED) is 0.821. The van der Waals surface area contributed by atoms with Crippen molar-refractivity contribution in [2.45, 2.75) is 46.6 Å². The minimum Gasteiger partial charge on any atom is -0.480 e. The van der Waals surface area contributed by atoms with Crippen molar-refractivity contribution < 1.29 is 14.7 Å². The summed E-state index contributed by atoms with van der Waals surface area (Å²) in [5.74, 6) is -0.449. The normalized spacial score (nSPS) is 28.2. The molecule has 0 spiro atoms. The fraction of sp³-hybridized carbons (Fsp3) is 0.857. The smallest absolute Gasteiger partial charge is 0.326 e. The van der Waals surface area contributed by atoms with E-state index in [4.69, 9.17) is 5.11 Å². The van der Waals surface area contributed by atoms with Gasteiger partial charge in [0.05, 0.1) is 0 Å². The van der Waals surface area contributed by atoms with Gasteiger partial charge < -0.3 is 15.3 Å². The number of likely N-dealkylation sites (tertiary alicyclic amines) is 1. The fourth-order valence-corrected chi connectivity index (χ4v) is 3.40. The minimum atomic E-state index is -0.903. The second-order valence-electron chi connectivity index (χ2n) is 6.87. The lowest BCUT2D eigenvalue weighted by Gasteiger charge is -2.22. The van der Waals surface area contributed by atoms with Crippen molar-refractivity contribution in [2.75, 3.05) is 13.1 Å². The zero-order chi connectivity index (χ0) is 14.4. The van der Waals surface area contributed by atoms with Crippen LogP contribution in [0.5, 0.6) is 0 Å². The second-order valence-corrected chi connectivity index (χ2v) is 6.87. The number of nitrogens with zero attached hydrogens (tertiary/aromatic N) is 1. The molecule has 0 aromatic heterocycles. The molecule has 5 heteroatoms. The van der Waals surface area contributed by atoms with E-state index in [1.807, 2.05) is 0 Å². The predicted octanol–water partition coefficient (Wildman–Crippen LogP) is 1.93. The van der Waals surface area contributed by atoms with Crippen LogP contribution >= 0.6 is 0 Å². The van der Waals surface area contributed by atoms with Crippen LogP contribution in [0.2, 0.25) is 0 Å². The van der Waals surface area contributed by atoms with Crippen LogP contribution in [-0.4, -0.2) is 41.1 Å². The van der Waals surface area contributed by atoms with Crippen molar-refractivity contribution in [3.05, 3.63) is 0 Å². The summed E-state index contributed by atoms with van der Waals surface area (Å²) in [4.78, 5) is 24.6. The van der Waals surface area contributed by atoms with Crippen molar-refractivity contribution in [3.8, 4) is 0 Å². The van der Waals surface area contributed by atoms with Gasteiger partial charge in [-0.15, -0.1) is 0 Å². The monoisotopic (exact) mass is 268 g/mol. The largest absolute Gasteiger partial charge is 0.480 e. The van der Waals surface area contributed by atoms with E-state index in [2.05, 4.69) is 33.0 Å². The molecule has 0 bridgehead atoms. The lowest BCUT2D eigenvalue weighted by Crippen LogP contribution is -2.46. The number of carboxylic acids is 1. The van der Waals surface area contributed by atoms with Gasteiger partial charge in [-0.05, 0) is 29.6 Å². The Morgan fingerprint density at radius 1 is 1.26 bits per heavy atom. The Kier molecular flexibility index (Phi) is 3.27. The van der Waals surface area contributed by atoms with Gasteiger partial charge in [0.2, 0.25) is 0 Å². The third-order valence-corrected chi connectivity index (χ3v) is 5.58. The summed E-state index contributed by atoms with van der Waals surface area (Å²) in [6.45, 7) is 10.0. The molecule has 1 heterocycles. The van der Waals surface area contributed by atoms with E-state index in [9.17, 15) is 9.59 Å². The highest BCUT2D eigenvalue weighted by molar-refractivity contribution is 5.83. The van der Waals surface area contributed by atoms with Gasteiger partial charge in [-0.1, -0.05) is 27.7 Å². The topological polar surface area (TPSA) is 69.6 Å². The first-order chi connectivity index (χ1) is 8.69. The molecule has 1 saturated carbocycles. The Hall–Kier alpha value is -1.26. The zero-order valence-corrected chi connectivity index (χ0v) is 12.2. The highest BCUT2D eigenvalue weighted by Crippen LogP contribution is 2.67. The number of amides is 2. The van der Waals surface area contributed by atoms with Crippen molar-refractivity contribution in [2.24, 2.45) is 16.7 Å². The number of carbonyl (C=O) groups is 2. The zero-order valence-electron chi connectivity index (χ0n) is 12.2. The Morgan fingerprint density at radius 3 is 2.32 bits per heavy atom. The molecule has 0 aromatic rings. The summed E-state index contributed by atoms with van der Waals surface area (Å²) < 4.78 is 0. The maximum Gasteiger partial charge on any atom is 0.326 e. The van der Waals surface area contributed by atoms with E-state index >= 15 is 0 Å². The minimum absolute atomic E-state index is 0.233. The number of nitrogens with one attached hydrogen (secondary N) is 1. The van der Waals surface area contributed by atoms with Crippen LogP contribution in [0.1, 0.15) is 40.5 Å². The van der Waals surface area contributed by atoms with Gasteiger partial charge >= 0.3 is 12.0 Å². The highest BCUT2D eigenvalue weighted by Gasteiger charge is 2.64. The lowest BCUT2D eigenvalue weighted by molar-refractivity contribution is -0.141. The second kappa shape index (κ2) is 4.39. The van der Waals surface area contributed by atoms with Crippen LogP contribution in [0.25, 0.3) is 0 Å². The number of carboxylic acid groups (broad SMARTS) is 1.